The number of fused-ring (bicyclic) bond motifs is 1. The largest absolute Gasteiger partial charge is 0.481 e. The molecular formula is C13H18N4O4S. The van der Waals surface area contributed by atoms with Crippen LogP contribution in [0.4, 0.5) is 5.82 Å². The maximum atomic E-state index is 11.8. The quantitative estimate of drug-likeness (QED) is 0.803. The summed E-state index contributed by atoms with van der Waals surface area (Å²) >= 11 is 0. The highest BCUT2D eigenvalue weighted by Crippen LogP contribution is 2.44. The Bertz CT molecular complexity index is 723. The molecule has 2 aliphatic heterocycles. The second-order valence-corrected chi connectivity index (χ2v) is 8.04. The number of hydrogen-bond donors (Lipinski definition) is 1. The van der Waals surface area contributed by atoms with Gasteiger partial charge in [0.25, 0.3) is 0 Å². The van der Waals surface area contributed by atoms with Crippen LogP contribution < -0.4 is 4.90 Å². The van der Waals surface area contributed by atoms with Gasteiger partial charge in [-0.1, -0.05) is 0 Å². The number of rotatable bonds is 3. The van der Waals surface area contributed by atoms with Crippen molar-refractivity contribution in [3.8, 4) is 0 Å². The lowest BCUT2D eigenvalue weighted by molar-refractivity contribution is -0.148. The van der Waals surface area contributed by atoms with Crippen molar-refractivity contribution in [1.82, 2.24) is 14.3 Å². The van der Waals surface area contributed by atoms with Crippen LogP contribution in [0.3, 0.4) is 0 Å². The molecule has 0 amide bonds. The first-order valence-electron chi connectivity index (χ1n) is 6.95. The monoisotopic (exact) mass is 326 g/mol. The number of sulfonamides is 1. The van der Waals surface area contributed by atoms with Crippen molar-refractivity contribution in [1.29, 1.82) is 0 Å². The molecule has 2 fully saturated rings. The molecule has 2 atom stereocenters. The van der Waals surface area contributed by atoms with Crippen molar-refractivity contribution in [3.05, 3.63) is 18.1 Å². The Balaban J connectivity index is 1.90. The fourth-order valence-corrected chi connectivity index (χ4v) is 4.28. The maximum Gasteiger partial charge on any atom is 0.313 e. The molecule has 120 valence electrons. The van der Waals surface area contributed by atoms with Gasteiger partial charge in [0.15, 0.2) is 0 Å². The van der Waals surface area contributed by atoms with Gasteiger partial charge in [-0.05, 0) is 13.0 Å². The molecule has 0 saturated carbocycles. The molecule has 0 aliphatic carbocycles. The van der Waals surface area contributed by atoms with Crippen LogP contribution >= 0.6 is 0 Å². The zero-order valence-electron chi connectivity index (χ0n) is 12.4. The van der Waals surface area contributed by atoms with E-state index in [0.29, 0.717) is 18.2 Å². The molecule has 8 nitrogen and oxygen atoms in total. The van der Waals surface area contributed by atoms with E-state index in [1.165, 1.54) is 4.31 Å². The summed E-state index contributed by atoms with van der Waals surface area (Å²) in [6.45, 7) is 2.78. The number of aromatic nitrogens is 2. The van der Waals surface area contributed by atoms with E-state index < -0.39 is 21.4 Å². The lowest BCUT2D eigenvalue weighted by atomic mass is 9.81. The van der Waals surface area contributed by atoms with Crippen molar-refractivity contribution < 1.29 is 18.3 Å². The van der Waals surface area contributed by atoms with Gasteiger partial charge in [0.1, 0.15) is 17.1 Å². The first-order chi connectivity index (χ1) is 10.2. The molecule has 1 aromatic rings. The van der Waals surface area contributed by atoms with E-state index >= 15 is 0 Å². The first-order valence-corrected chi connectivity index (χ1v) is 8.80. The Morgan fingerprint density at radius 1 is 1.41 bits per heavy atom. The van der Waals surface area contributed by atoms with E-state index in [0.717, 1.165) is 6.26 Å². The van der Waals surface area contributed by atoms with Crippen LogP contribution in [-0.4, -0.2) is 66.2 Å². The summed E-state index contributed by atoms with van der Waals surface area (Å²) in [7, 11) is -3.38. The Morgan fingerprint density at radius 3 is 2.68 bits per heavy atom. The van der Waals surface area contributed by atoms with Gasteiger partial charge in [0, 0.05) is 38.3 Å². The van der Waals surface area contributed by atoms with E-state index in [9.17, 15) is 18.3 Å². The van der Waals surface area contributed by atoms with Crippen LogP contribution in [0.25, 0.3) is 0 Å². The van der Waals surface area contributed by atoms with Crippen LogP contribution in [0.2, 0.25) is 0 Å². The highest BCUT2D eigenvalue weighted by molar-refractivity contribution is 7.88. The van der Waals surface area contributed by atoms with Crippen molar-refractivity contribution >= 4 is 21.8 Å². The SMILES string of the molecule is Cc1nccc(N2C[C@H]3CN(S(C)(=O)=O)C[C@@]3(C(=O)O)C2)n1. The summed E-state index contributed by atoms with van der Waals surface area (Å²) in [5.41, 5.74) is -1.07. The number of anilines is 1. The maximum absolute atomic E-state index is 11.8. The lowest BCUT2D eigenvalue weighted by Crippen LogP contribution is -2.42. The standard InChI is InChI=1S/C13H18N4O4S/c1-9-14-4-3-11(15-9)16-5-10-6-17(22(2,20)21)8-13(10,7-16)12(18)19/h3-4,10H,5-8H2,1-2H3,(H,18,19)/t10-,13-/m0/s1. The Hall–Kier alpha value is -1.74. The molecule has 3 rings (SSSR count). The zero-order chi connectivity index (χ0) is 16.1. The van der Waals surface area contributed by atoms with E-state index in [-0.39, 0.29) is 25.6 Å². The highest BCUT2D eigenvalue weighted by atomic mass is 32.2. The molecule has 0 radical (unpaired) electrons. The van der Waals surface area contributed by atoms with Crippen molar-refractivity contribution in [2.24, 2.45) is 11.3 Å². The van der Waals surface area contributed by atoms with E-state index in [2.05, 4.69) is 9.97 Å². The van der Waals surface area contributed by atoms with Crippen LogP contribution in [0.1, 0.15) is 5.82 Å². The van der Waals surface area contributed by atoms with E-state index in [1.807, 2.05) is 4.90 Å². The van der Waals surface area contributed by atoms with Crippen molar-refractivity contribution in [3.63, 3.8) is 0 Å². The van der Waals surface area contributed by atoms with Crippen LogP contribution in [0.15, 0.2) is 12.3 Å². The average molecular weight is 326 g/mol. The summed E-state index contributed by atoms with van der Waals surface area (Å²) in [6.07, 6.45) is 2.76. The van der Waals surface area contributed by atoms with Crippen molar-refractivity contribution in [2.75, 3.05) is 37.3 Å². The molecule has 0 spiro atoms. The normalized spacial score (nSPS) is 28.8. The molecule has 0 bridgehead atoms. The second-order valence-electron chi connectivity index (χ2n) is 6.06. The topological polar surface area (TPSA) is 104 Å². The predicted octanol–water partition coefficient (Wildman–Crippen LogP) is -0.433. The Morgan fingerprint density at radius 2 is 2.14 bits per heavy atom. The molecule has 2 aliphatic rings. The van der Waals surface area contributed by atoms with Gasteiger partial charge in [0.05, 0.1) is 6.26 Å². The van der Waals surface area contributed by atoms with Crippen LogP contribution in [-0.2, 0) is 14.8 Å². The summed E-state index contributed by atoms with van der Waals surface area (Å²) < 4.78 is 24.7. The Kier molecular flexibility index (Phi) is 3.37. The summed E-state index contributed by atoms with van der Waals surface area (Å²) in [5.74, 6) is 0.122. The fraction of sp³-hybridized carbons (Fsp3) is 0.615. The lowest BCUT2D eigenvalue weighted by Gasteiger charge is -2.25. The third kappa shape index (κ3) is 2.34. The summed E-state index contributed by atoms with van der Waals surface area (Å²) in [4.78, 5) is 22.1. The third-order valence-electron chi connectivity index (χ3n) is 4.56. The zero-order valence-corrected chi connectivity index (χ0v) is 13.2. The molecule has 3 heterocycles. The number of carbonyl (C=O) groups is 1. The molecule has 0 aromatic carbocycles. The number of hydrogen-bond acceptors (Lipinski definition) is 6. The molecule has 22 heavy (non-hydrogen) atoms. The summed E-state index contributed by atoms with van der Waals surface area (Å²) in [6, 6.07) is 1.75. The van der Waals surface area contributed by atoms with Gasteiger partial charge in [-0.15, -0.1) is 0 Å². The van der Waals surface area contributed by atoms with Crippen molar-refractivity contribution in [2.45, 2.75) is 6.92 Å². The van der Waals surface area contributed by atoms with Gasteiger partial charge in [-0.2, -0.15) is 0 Å². The molecular weight excluding hydrogens is 308 g/mol. The molecule has 2 saturated heterocycles. The minimum Gasteiger partial charge on any atom is -0.481 e. The van der Waals surface area contributed by atoms with Gasteiger partial charge < -0.3 is 10.0 Å². The molecule has 1 aromatic heterocycles. The highest BCUT2D eigenvalue weighted by Gasteiger charge is 2.59. The fourth-order valence-electron chi connectivity index (χ4n) is 3.37. The van der Waals surface area contributed by atoms with Crippen LogP contribution in [0.5, 0.6) is 0 Å². The van der Waals surface area contributed by atoms with E-state index in [4.69, 9.17) is 0 Å². The number of carboxylic acid groups (broad SMARTS) is 1. The van der Waals surface area contributed by atoms with Gasteiger partial charge in [-0.25, -0.2) is 22.7 Å². The summed E-state index contributed by atoms with van der Waals surface area (Å²) in [5, 5.41) is 9.70. The minimum atomic E-state index is -3.38. The van der Waals surface area contributed by atoms with Crippen LogP contribution in [0, 0.1) is 18.3 Å². The Labute approximate surface area is 128 Å². The molecule has 0 unspecified atom stereocenters. The predicted molar refractivity (Wildman–Crippen MR) is 79.0 cm³/mol. The van der Waals surface area contributed by atoms with Gasteiger partial charge in [0.2, 0.25) is 10.0 Å². The number of carboxylic acids is 1. The molecule has 9 heteroatoms. The smallest absolute Gasteiger partial charge is 0.313 e. The number of nitrogens with zero attached hydrogens (tertiary/aromatic N) is 4. The molecule has 1 N–H and O–H groups in total. The van der Waals surface area contributed by atoms with Gasteiger partial charge in [-0.3, -0.25) is 4.79 Å². The van der Waals surface area contributed by atoms with Gasteiger partial charge >= 0.3 is 5.97 Å². The second kappa shape index (κ2) is 4.88. The third-order valence-corrected chi connectivity index (χ3v) is 5.77. The first kappa shape index (κ1) is 15.2. The van der Waals surface area contributed by atoms with E-state index in [1.54, 1.807) is 19.2 Å². The average Bonchev–Trinajstić information content (AvgIpc) is 2.92. The number of aryl methyl sites for hydroxylation is 1. The number of aliphatic carboxylic acids is 1. The minimum absolute atomic E-state index is 0.0202.